The zero-order valence-electron chi connectivity index (χ0n) is 15.9. The van der Waals surface area contributed by atoms with Gasteiger partial charge in [-0.2, -0.15) is 5.10 Å². The van der Waals surface area contributed by atoms with Crippen LogP contribution < -0.4 is 14.9 Å². The second-order valence-corrected chi connectivity index (χ2v) is 8.18. The van der Waals surface area contributed by atoms with E-state index in [0.717, 1.165) is 9.13 Å². The molecule has 0 saturated carbocycles. The summed E-state index contributed by atoms with van der Waals surface area (Å²) in [7, 11) is 1.52. The van der Waals surface area contributed by atoms with Crippen LogP contribution in [0.1, 0.15) is 21.5 Å². The minimum absolute atomic E-state index is 0.245. The van der Waals surface area contributed by atoms with E-state index < -0.39 is 0 Å². The molecule has 0 heterocycles. The maximum atomic E-state index is 12.1. The van der Waals surface area contributed by atoms with E-state index >= 15 is 0 Å². The van der Waals surface area contributed by atoms with E-state index in [1.807, 2.05) is 30.3 Å². The van der Waals surface area contributed by atoms with Crippen LogP contribution in [-0.4, -0.2) is 19.2 Å². The number of carbonyl (C=O) groups excluding carboxylic acids is 1. The number of hydrazone groups is 1. The zero-order valence-corrected chi connectivity index (χ0v) is 19.5. The van der Waals surface area contributed by atoms with E-state index in [4.69, 9.17) is 32.7 Å². The topological polar surface area (TPSA) is 59.9 Å². The largest absolute Gasteiger partial charge is 0.493 e. The molecule has 8 heteroatoms. The molecule has 0 spiro atoms. The van der Waals surface area contributed by atoms with Crippen molar-refractivity contribution >= 4 is 57.9 Å². The van der Waals surface area contributed by atoms with Gasteiger partial charge in [-0.05, 0) is 70.6 Å². The number of nitrogens with one attached hydrogen (secondary N) is 1. The van der Waals surface area contributed by atoms with Crippen LogP contribution in [0.3, 0.4) is 0 Å². The summed E-state index contributed by atoms with van der Waals surface area (Å²) in [5.41, 5.74) is 4.49. The molecule has 0 fully saturated rings. The van der Waals surface area contributed by atoms with Crippen LogP contribution in [0.2, 0.25) is 10.0 Å². The highest BCUT2D eigenvalue weighted by molar-refractivity contribution is 14.1. The highest BCUT2D eigenvalue weighted by atomic mass is 127. The van der Waals surface area contributed by atoms with Gasteiger partial charge in [0, 0.05) is 19.7 Å². The number of rotatable bonds is 7. The van der Waals surface area contributed by atoms with Crippen LogP contribution in [0.5, 0.6) is 11.5 Å². The van der Waals surface area contributed by atoms with Gasteiger partial charge in [0.2, 0.25) is 0 Å². The molecule has 0 radical (unpaired) electrons. The molecule has 3 aromatic carbocycles. The van der Waals surface area contributed by atoms with Gasteiger partial charge in [-0.25, -0.2) is 5.43 Å². The maximum absolute atomic E-state index is 12.1. The van der Waals surface area contributed by atoms with Crippen molar-refractivity contribution in [2.24, 2.45) is 5.10 Å². The summed E-state index contributed by atoms with van der Waals surface area (Å²) < 4.78 is 12.3. The fraction of sp³-hybridized carbons (Fsp3) is 0.0909. The lowest BCUT2D eigenvalue weighted by Crippen LogP contribution is -2.17. The minimum atomic E-state index is -0.305. The summed E-state index contributed by atoms with van der Waals surface area (Å²) in [5, 5.41) is 4.96. The Labute approximate surface area is 198 Å². The van der Waals surface area contributed by atoms with E-state index in [-0.39, 0.29) is 12.5 Å². The Morgan fingerprint density at radius 3 is 2.53 bits per heavy atom. The molecule has 5 nitrogen and oxygen atoms in total. The second-order valence-electron chi connectivity index (χ2n) is 6.12. The first-order valence-electron chi connectivity index (χ1n) is 8.80. The highest BCUT2D eigenvalue weighted by Crippen LogP contribution is 2.37. The Hall–Kier alpha value is -2.29. The van der Waals surface area contributed by atoms with E-state index in [9.17, 15) is 4.79 Å². The molecule has 0 unspecified atom stereocenters. The summed E-state index contributed by atoms with van der Waals surface area (Å²) in [5.74, 6) is 0.541. The second kappa shape index (κ2) is 10.7. The SMILES string of the molecule is COc1cc(/C=N\NC(=O)c2ccc(I)cc2)cc(Cl)c1OCc1ccccc1Cl. The number of carbonyl (C=O) groups is 1. The lowest BCUT2D eigenvalue weighted by Gasteiger charge is -2.14. The van der Waals surface area contributed by atoms with Crippen molar-refractivity contribution in [2.75, 3.05) is 7.11 Å². The van der Waals surface area contributed by atoms with Gasteiger partial charge in [-0.3, -0.25) is 4.79 Å². The number of nitrogens with zero attached hydrogens (tertiary/aromatic N) is 1. The molecule has 0 bridgehead atoms. The van der Waals surface area contributed by atoms with Gasteiger partial charge >= 0.3 is 0 Å². The highest BCUT2D eigenvalue weighted by Gasteiger charge is 2.13. The van der Waals surface area contributed by atoms with Gasteiger partial charge in [-0.1, -0.05) is 41.4 Å². The fourth-order valence-electron chi connectivity index (χ4n) is 2.55. The molecule has 3 rings (SSSR count). The predicted octanol–water partition coefficient (Wildman–Crippen LogP) is 5.95. The quantitative estimate of drug-likeness (QED) is 0.223. The van der Waals surface area contributed by atoms with Gasteiger partial charge in [0.1, 0.15) is 6.61 Å². The number of amides is 1. The van der Waals surface area contributed by atoms with Crippen molar-refractivity contribution in [1.29, 1.82) is 0 Å². The standard InChI is InChI=1S/C22H17Cl2IN2O3/c1-29-20-11-14(12-26-27-22(28)15-6-8-17(25)9-7-15)10-19(24)21(20)30-13-16-4-2-3-5-18(16)23/h2-12H,13H2,1H3,(H,27,28)/b26-12-. The van der Waals surface area contributed by atoms with Crippen molar-refractivity contribution in [3.05, 3.63) is 91.0 Å². The Morgan fingerprint density at radius 2 is 1.83 bits per heavy atom. The fourth-order valence-corrected chi connectivity index (χ4v) is 3.37. The van der Waals surface area contributed by atoms with E-state index in [0.29, 0.717) is 32.7 Å². The smallest absolute Gasteiger partial charge is 0.271 e. The number of benzene rings is 3. The van der Waals surface area contributed by atoms with Crippen molar-refractivity contribution in [1.82, 2.24) is 5.43 Å². The molecule has 1 N–H and O–H groups in total. The molecule has 0 aliphatic rings. The maximum Gasteiger partial charge on any atom is 0.271 e. The van der Waals surface area contributed by atoms with E-state index in [1.54, 1.807) is 30.3 Å². The molecule has 0 aliphatic heterocycles. The van der Waals surface area contributed by atoms with Crippen LogP contribution in [0.25, 0.3) is 0 Å². The molecule has 0 aromatic heterocycles. The Balaban J connectivity index is 1.70. The zero-order chi connectivity index (χ0) is 21.5. The molecular formula is C22H17Cl2IN2O3. The lowest BCUT2D eigenvalue weighted by atomic mass is 10.2. The van der Waals surface area contributed by atoms with Gasteiger partial charge < -0.3 is 9.47 Å². The average molecular weight is 555 g/mol. The van der Waals surface area contributed by atoms with Gasteiger partial charge in [0.25, 0.3) is 5.91 Å². The van der Waals surface area contributed by atoms with Crippen molar-refractivity contribution in [3.63, 3.8) is 0 Å². The van der Waals surface area contributed by atoms with Gasteiger partial charge in [0.15, 0.2) is 11.5 Å². The Kier molecular flexibility index (Phi) is 7.95. The van der Waals surface area contributed by atoms with Crippen LogP contribution in [0.15, 0.2) is 65.8 Å². The van der Waals surface area contributed by atoms with E-state index in [1.165, 1.54) is 13.3 Å². The van der Waals surface area contributed by atoms with Crippen molar-refractivity contribution in [2.45, 2.75) is 6.61 Å². The van der Waals surface area contributed by atoms with Gasteiger partial charge in [0.05, 0.1) is 18.3 Å². The molecule has 30 heavy (non-hydrogen) atoms. The molecule has 154 valence electrons. The summed E-state index contributed by atoms with van der Waals surface area (Å²) in [4.78, 5) is 12.1. The first-order valence-corrected chi connectivity index (χ1v) is 10.6. The minimum Gasteiger partial charge on any atom is -0.493 e. The molecule has 1 amide bonds. The van der Waals surface area contributed by atoms with Crippen LogP contribution in [0.4, 0.5) is 0 Å². The van der Waals surface area contributed by atoms with Crippen LogP contribution >= 0.6 is 45.8 Å². The monoisotopic (exact) mass is 554 g/mol. The molecule has 3 aromatic rings. The predicted molar refractivity (Wildman–Crippen MR) is 128 cm³/mol. The Bertz CT molecular complexity index is 1070. The molecular weight excluding hydrogens is 538 g/mol. The van der Waals surface area contributed by atoms with Gasteiger partial charge in [-0.15, -0.1) is 0 Å². The van der Waals surface area contributed by atoms with Crippen molar-refractivity contribution < 1.29 is 14.3 Å². The molecule has 0 atom stereocenters. The van der Waals surface area contributed by atoms with E-state index in [2.05, 4.69) is 33.1 Å². The summed E-state index contributed by atoms with van der Waals surface area (Å²) >= 11 is 14.7. The number of methoxy groups -OCH3 is 1. The summed E-state index contributed by atoms with van der Waals surface area (Å²) in [6, 6.07) is 18.0. The first kappa shape index (κ1) is 22.4. The lowest BCUT2D eigenvalue weighted by molar-refractivity contribution is 0.0955. The summed E-state index contributed by atoms with van der Waals surface area (Å²) in [6.45, 7) is 0.245. The molecule has 0 aliphatic carbocycles. The number of halogens is 3. The summed E-state index contributed by atoms with van der Waals surface area (Å²) in [6.07, 6.45) is 1.48. The molecule has 0 saturated heterocycles. The Morgan fingerprint density at radius 1 is 1.10 bits per heavy atom. The third-order valence-corrected chi connectivity index (χ3v) is 5.44. The first-order chi connectivity index (χ1) is 14.5. The number of hydrogen-bond acceptors (Lipinski definition) is 4. The number of hydrogen-bond donors (Lipinski definition) is 1. The van der Waals surface area contributed by atoms with Crippen LogP contribution in [-0.2, 0) is 6.61 Å². The number of ether oxygens (including phenoxy) is 2. The third-order valence-electron chi connectivity index (χ3n) is 4.07. The third kappa shape index (κ3) is 5.87. The average Bonchev–Trinajstić information content (AvgIpc) is 2.74. The normalized spacial score (nSPS) is 10.8. The van der Waals surface area contributed by atoms with Crippen molar-refractivity contribution in [3.8, 4) is 11.5 Å². The van der Waals surface area contributed by atoms with Crippen LogP contribution in [0, 0.1) is 3.57 Å².